The van der Waals surface area contributed by atoms with Gasteiger partial charge in [0.1, 0.15) is 0 Å². The van der Waals surface area contributed by atoms with Gasteiger partial charge in [0.05, 0.1) is 12.1 Å². The van der Waals surface area contributed by atoms with Crippen LogP contribution in [0.2, 0.25) is 0 Å². The molecule has 2 aliphatic heterocycles. The van der Waals surface area contributed by atoms with Crippen LogP contribution in [-0.2, 0) is 0 Å². The zero-order valence-electron chi connectivity index (χ0n) is 13.8. The van der Waals surface area contributed by atoms with Crippen LogP contribution in [0.5, 0.6) is 0 Å². The third kappa shape index (κ3) is 2.89. The predicted octanol–water partition coefficient (Wildman–Crippen LogP) is 1.69. The molecule has 2 N–H and O–H groups in total. The summed E-state index contributed by atoms with van der Waals surface area (Å²) in [5, 5.41) is 24.2. The van der Waals surface area contributed by atoms with Crippen molar-refractivity contribution in [1.82, 2.24) is 10.1 Å². The Labute approximate surface area is 145 Å². The first-order valence-corrected chi connectivity index (χ1v) is 8.60. The van der Waals surface area contributed by atoms with Crippen molar-refractivity contribution in [2.45, 2.75) is 25.0 Å². The van der Waals surface area contributed by atoms with Gasteiger partial charge in [0.25, 0.3) is 0 Å². The molecule has 2 aromatic rings. The van der Waals surface area contributed by atoms with E-state index in [1.165, 1.54) is 0 Å². The van der Waals surface area contributed by atoms with Gasteiger partial charge in [-0.2, -0.15) is 0 Å². The lowest BCUT2D eigenvalue weighted by molar-refractivity contribution is 0.0697. The third-order valence-corrected chi connectivity index (χ3v) is 5.09. The fourth-order valence-corrected chi connectivity index (χ4v) is 3.85. The summed E-state index contributed by atoms with van der Waals surface area (Å²) < 4.78 is 5.38. The Bertz CT molecular complexity index is 755. The second-order valence-corrected chi connectivity index (χ2v) is 6.66. The Hall–Kier alpha value is -2.38. The monoisotopic (exact) mass is 343 g/mol. The van der Waals surface area contributed by atoms with Gasteiger partial charge in [-0.3, -0.25) is 4.90 Å². The number of aliphatic hydroxyl groups excluding tert-OH is 1. The normalized spacial score (nSPS) is 24.1. The number of β-amino-alcohol motifs (C(OH)–C–C–N with tert-alkyl or cyclic N) is 1. The Balaban J connectivity index is 1.65. The quantitative estimate of drug-likeness (QED) is 0.873. The maximum Gasteiger partial charge on any atom is 0.343 e. The molecular weight excluding hydrogens is 322 g/mol. The van der Waals surface area contributed by atoms with Crippen molar-refractivity contribution in [3.8, 4) is 11.3 Å². The lowest BCUT2D eigenvalue weighted by atomic mass is 10.1. The molecule has 0 spiro atoms. The summed E-state index contributed by atoms with van der Waals surface area (Å²) in [6.07, 6.45) is 1.77. The van der Waals surface area contributed by atoms with Gasteiger partial charge in [-0.25, -0.2) is 4.79 Å². The van der Waals surface area contributed by atoms with Crippen LogP contribution in [0.15, 0.2) is 34.9 Å². The molecule has 2 aliphatic rings. The number of carbonyl (C=O) groups is 1. The minimum atomic E-state index is -1.07. The fourth-order valence-electron chi connectivity index (χ4n) is 3.85. The van der Waals surface area contributed by atoms with Crippen LogP contribution >= 0.6 is 0 Å². The van der Waals surface area contributed by atoms with Crippen molar-refractivity contribution in [2.75, 3.05) is 31.1 Å². The van der Waals surface area contributed by atoms with Crippen molar-refractivity contribution < 1.29 is 19.5 Å². The van der Waals surface area contributed by atoms with E-state index < -0.39 is 12.1 Å². The molecule has 25 heavy (non-hydrogen) atoms. The number of rotatable bonds is 4. The number of hydrogen-bond acceptors (Lipinski definition) is 6. The number of aromatic carboxylic acids is 1. The first kappa shape index (κ1) is 16.1. The number of likely N-dealkylation sites (tertiary alicyclic amines) is 1. The number of nitrogens with zero attached hydrogens (tertiary/aromatic N) is 3. The van der Waals surface area contributed by atoms with E-state index in [1.54, 1.807) is 12.1 Å². The number of aliphatic hydroxyl groups is 1. The van der Waals surface area contributed by atoms with Crippen LogP contribution < -0.4 is 4.90 Å². The summed E-state index contributed by atoms with van der Waals surface area (Å²) in [5.74, 6) is -0.525. The summed E-state index contributed by atoms with van der Waals surface area (Å²) in [7, 11) is 0. The predicted molar refractivity (Wildman–Crippen MR) is 91.7 cm³/mol. The molecule has 2 saturated heterocycles. The number of benzene rings is 1. The zero-order valence-corrected chi connectivity index (χ0v) is 13.8. The number of carboxylic acids is 1. The minimum Gasteiger partial charge on any atom is -0.477 e. The van der Waals surface area contributed by atoms with E-state index in [9.17, 15) is 15.0 Å². The molecule has 3 heterocycles. The highest BCUT2D eigenvalue weighted by atomic mass is 16.5. The molecule has 0 amide bonds. The molecule has 0 aliphatic carbocycles. The fraction of sp³-hybridized carbons (Fsp3) is 0.444. The Morgan fingerprint density at radius 2 is 1.88 bits per heavy atom. The van der Waals surface area contributed by atoms with E-state index in [2.05, 4.69) is 10.1 Å². The average Bonchev–Trinajstić information content (AvgIpc) is 3.34. The lowest BCUT2D eigenvalue weighted by Gasteiger charge is -2.25. The van der Waals surface area contributed by atoms with Gasteiger partial charge in [-0.15, -0.1) is 0 Å². The number of hydrogen-bond donors (Lipinski definition) is 2. The number of anilines is 1. The van der Waals surface area contributed by atoms with Crippen LogP contribution in [0.1, 0.15) is 23.2 Å². The smallest absolute Gasteiger partial charge is 0.343 e. The molecule has 0 saturated carbocycles. The zero-order chi connectivity index (χ0) is 17.4. The maximum atomic E-state index is 11.9. The maximum absolute atomic E-state index is 11.9. The highest BCUT2D eigenvalue weighted by Gasteiger charge is 2.39. The van der Waals surface area contributed by atoms with Gasteiger partial charge in [0, 0.05) is 18.7 Å². The van der Waals surface area contributed by atoms with E-state index in [0.717, 1.165) is 25.9 Å². The summed E-state index contributed by atoms with van der Waals surface area (Å²) in [6, 6.07) is 9.11. The molecule has 1 aromatic heterocycles. The molecule has 2 atom stereocenters. The van der Waals surface area contributed by atoms with Crippen LogP contribution in [0.25, 0.3) is 11.3 Å². The molecular formula is C18H21N3O4. The van der Waals surface area contributed by atoms with E-state index in [0.29, 0.717) is 24.5 Å². The van der Waals surface area contributed by atoms with Gasteiger partial charge in [-0.1, -0.05) is 35.5 Å². The standard InChI is InChI=1S/C18H21N3O4/c22-14-11-21(10-13(14)20-8-4-5-9-20)17-15(18(23)24)16(25-19-17)12-6-2-1-3-7-12/h1-3,6-7,13-14,22H,4-5,8-11H2,(H,23,24)/t13-,14-/m0/s1. The molecule has 7 heteroatoms. The van der Waals surface area contributed by atoms with Gasteiger partial charge in [0.2, 0.25) is 0 Å². The van der Waals surface area contributed by atoms with Crippen molar-refractivity contribution in [3.63, 3.8) is 0 Å². The Kier molecular flexibility index (Phi) is 4.19. The molecule has 7 nitrogen and oxygen atoms in total. The van der Waals surface area contributed by atoms with Crippen molar-refractivity contribution in [3.05, 3.63) is 35.9 Å². The van der Waals surface area contributed by atoms with Gasteiger partial charge < -0.3 is 19.6 Å². The molecule has 4 rings (SSSR count). The summed E-state index contributed by atoms with van der Waals surface area (Å²) in [6.45, 7) is 2.88. The first-order valence-electron chi connectivity index (χ1n) is 8.60. The Morgan fingerprint density at radius 3 is 2.56 bits per heavy atom. The summed E-state index contributed by atoms with van der Waals surface area (Å²) in [4.78, 5) is 16.0. The van der Waals surface area contributed by atoms with Crippen molar-refractivity contribution in [2.24, 2.45) is 0 Å². The second-order valence-electron chi connectivity index (χ2n) is 6.66. The number of carboxylic acid groups (broad SMARTS) is 1. The van der Waals surface area contributed by atoms with Crippen LogP contribution in [-0.4, -0.2) is 64.6 Å². The molecule has 132 valence electrons. The van der Waals surface area contributed by atoms with Gasteiger partial charge in [0.15, 0.2) is 17.1 Å². The minimum absolute atomic E-state index is 0.0148. The first-order chi connectivity index (χ1) is 12.1. The van der Waals surface area contributed by atoms with E-state index in [4.69, 9.17) is 4.52 Å². The number of aromatic nitrogens is 1. The third-order valence-electron chi connectivity index (χ3n) is 5.09. The molecule has 2 fully saturated rings. The highest BCUT2D eigenvalue weighted by Crippen LogP contribution is 2.34. The van der Waals surface area contributed by atoms with E-state index in [1.807, 2.05) is 23.1 Å². The summed E-state index contributed by atoms with van der Waals surface area (Å²) >= 11 is 0. The SMILES string of the molecule is O=C(O)c1c(N2C[C@H](O)[C@@H](N3CCCC3)C2)noc1-c1ccccc1. The molecule has 0 unspecified atom stereocenters. The van der Waals surface area contributed by atoms with Crippen LogP contribution in [0, 0.1) is 0 Å². The van der Waals surface area contributed by atoms with Crippen LogP contribution in [0.3, 0.4) is 0 Å². The largest absolute Gasteiger partial charge is 0.477 e. The molecule has 0 bridgehead atoms. The lowest BCUT2D eigenvalue weighted by Crippen LogP contribution is -2.41. The summed E-state index contributed by atoms with van der Waals surface area (Å²) in [5.41, 5.74) is 0.731. The van der Waals surface area contributed by atoms with Gasteiger partial charge in [-0.05, 0) is 25.9 Å². The van der Waals surface area contributed by atoms with Crippen molar-refractivity contribution in [1.29, 1.82) is 0 Å². The molecule has 0 radical (unpaired) electrons. The van der Waals surface area contributed by atoms with Gasteiger partial charge >= 0.3 is 5.97 Å². The van der Waals surface area contributed by atoms with E-state index in [-0.39, 0.29) is 17.4 Å². The Morgan fingerprint density at radius 1 is 1.16 bits per heavy atom. The molecule has 1 aromatic carbocycles. The van der Waals surface area contributed by atoms with Crippen molar-refractivity contribution >= 4 is 11.8 Å². The van der Waals surface area contributed by atoms with Crippen LogP contribution in [0.4, 0.5) is 5.82 Å². The second kappa shape index (κ2) is 6.50. The van der Waals surface area contributed by atoms with E-state index >= 15 is 0 Å². The topological polar surface area (TPSA) is 90.0 Å². The highest BCUT2D eigenvalue weighted by molar-refractivity contribution is 5.99. The average molecular weight is 343 g/mol.